The second-order valence-corrected chi connectivity index (χ2v) is 4.71. The lowest BCUT2D eigenvalue weighted by Crippen LogP contribution is -2.42. The molecule has 0 atom stereocenters. The van der Waals surface area contributed by atoms with Crippen LogP contribution in [0.25, 0.3) is 5.53 Å². The number of hydrogen-bond donors (Lipinski definition) is 0. The Bertz CT molecular complexity index is 339. The van der Waals surface area contributed by atoms with Crippen LogP contribution in [0.15, 0.2) is 0 Å². The molecule has 0 heterocycles. The Kier molecular flexibility index (Phi) is 2.53. The highest BCUT2D eigenvalue weighted by Gasteiger charge is 2.47. The van der Waals surface area contributed by atoms with Gasteiger partial charge in [0.2, 0.25) is 11.6 Å². The molecule has 0 bridgehead atoms. The summed E-state index contributed by atoms with van der Waals surface area (Å²) in [5.41, 5.74) is 8.21. The number of ketones is 2. The maximum absolute atomic E-state index is 11.6. The summed E-state index contributed by atoms with van der Waals surface area (Å²) >= 11 is 0. The number of hydrogen-bond acceptors (Lipinski definition) is 2. The van der Waals surface area contributed by atoms with Gasteiger partial charge in [-0.15, -0.1) is 0 Å². The first-order valence-electron chi connectivity index (χ1n) is 5.45. The summed E-state index contributed by atoms with van der Waals surface area (Å²) < 4.78 is 0. The highest BCUT2D eigenvalue weighted by Crippen LogP contribution is 2.44. The summed E-state index contributed by atoms with van der Waals surface area (Å²) in [4.78, 5) is 26.0. The molecular weight excluding hydrogens is 192 g/mol. The van der Waals surface area contributed by atoms with Gasteiger partial charge in [-0.05, 0) is 18.3 Å². The molecule has 0 aromatic rings. The Morgan fingerprint density at radius 1 is 1.00 bits per heavy atom. The van der Waals surface area contributed by atoms with Crippen molar-refractivity contribution in [1.29, 1.82) is 0 Å². The Labute approximate surface area is 88.3 Å². The molecule has 2 aliphatic rings. The third kappa shape index (κ3) is 1.77. The standard InChI is InChI=1S/C11H14N2O2/c12-13-10-8(14)6-11(7-9(10)15)4-2-1-3-5-11/h1-7H2. The van der Waals surface area contributed by atoms with Gasteiger partial charge >= 0.3 is 5.71 Å². The van der Waals surface area contributed by atoms with Crippen molar-refractivity contribution >= 4 is 17.3 Å². The van der Waals surface area contributed by atoms with Crippen molar-refractivity contribution in [3.63, 3.8) is 0 Å². The van der Waals surface area contributed by atoms with Gasteiger partial charge < -0.3 is 5.53 Å². The van der Waals surface area contributed by atoms with Crippen molar-refractivity contribution in [3.05, 3.63) is 5.53 Å². The second kappa shape index (κ2) is 3.70. The maximum Gasteiger partial charge on any atom is 0.400 e. The van der Waals surface area contributed by atoms with E-state index in [1.807, 2.05) is 0 Å². The van der Waals surface area contributed by atoms with Crippen LogP contribution in [0.5, 0.6) is 0 Å². The minimum absolute atomic E-state index is 0.111. The predicted octanol–water partition coefficient (Wildman–Crippen LogP) is 1.54. The number of nitrogens with zero attached hydrogens (tertiary/aromatic N) is 2. The third-order valence-electron chi connectivity index (χ3n) is 3.61. The maximum atomic E-state index is 11.6. The van der Waals surface area contributed by atoms with Crippen LogP contribution in [0, 0.1) is 5.41 Å². The first-order chi connectivity index (χ1) is 7.17. The molecule has 80 valence electrons. The molecule has 4 nitrogen and oxygen atoms in total. The molecular formula is C11H14N2O2. The van der Waals surface area contributed by atoms with Gasteiger partial charge in [0, 0.05) is 12.8 Å². The minimum atomic E-state index is -0.282. The Morgan fingerprint density at radius 3 is 2.00 bits per heavy atom. The molecule has 0 amide bonds. The molecule has 0 aromatic carbocycles. The van der Waals surface area contributed by atoms with E-state index in [0.29, 0.717) is 12.8 Å². The first kappa shape index (κ1) is 10.2. The molecule has 0 saturated heterocycles. The van der Waals surface area contributed by atoms with Crippen LogP contribution in [-0.2, 0) is 9.59 Å². The van der Waals surface area contributed by atoms with Gasteiger partial charge in [-0.1, -0.05) is 19.3 Å². The van der Waals surface area contributed by atoms with E-state index in [1.54, 1.807) is 0 Å². The van der Waals surface area contributed by atoms with Crippen molar-refractivity contribution in [3.8, 4) is 0 Å². The Balaban J connectivity index is 2.23. The summed E-state index contributed by atoms with van der Waals surface area (Å²) in [6, 6.07) is 0. The fourth-order valence-electron chi connectivity index (χ4n) is 2.83. The van der Waals surface area contributed by atoms with E-state index in [1.165, 1.54) is 6.42 Å². The van der Waals surface area contributed by atoms with E-state index >= 15 is 0 Å². The number of rotatable bonds is 0. The van der Waals surface area contributed by atoms with E-state index < -0.39 is 0 Å². The molecule has 2 fully saturated rings. The number of carbonyl (C=O) groups is 2. The van der Waals surface area contributed by atoms with Crippen molar-refractivity contribution in [2.45, 2.75) is 44.9 Å². The average molecular weight is 206 g/mol. The van der Waals surface area contributed by atoms with Crippen LogP contribution in [0.2, 0.25) is 0 Å². The van der Waals surface area contributed by atoms with Gasteiger partial charge in [-0.25, -0.2) is 0 Å². The summed E-state index contributed by atoms with van der Waals surface area (Å²) in [6.45, 7) is 0. The SMILES string of the molecule is [N-]=[N+]=C1C(=O)CC2(CCCCC2)CC1=O. The monoisotopic (exact) mass is 206 g/mol. The molecule has 15 heavy (non-hydrogen) atoms. The highest BCUT2D eigenvalue weighted by molar-refractivity contribution is 6.65. The van der Waals surface area contributed by atoms with Gasteiger partial charge in [0.1, 0.15) is 0 Å². The van der Waals surface area contributed by atoms with E-state index in [9.17, 15) is 9.59 Å². The quantitative estimate of drug-likeness (QED) is 0.445. The highest BCUT2D eigenvalue weighted by atomic mass is 16.2. The van der Waals surface area contributed by atoms with Crippen LogP contribution in [0.4, 0.5) is 0 Å². The molecule has 4 heteroatoms. The Morgan fingerprint density at radius 2 is 1.53 bits per heavy atom. The molecule has 2 saturated carbocycles. The summed E-state index contributed by atoms with van der Waals surface area (Å²) in [5.74, 6) is -0.564. The molecule has 0 unspecified atom stereocenters. The topological polar surface area (TPSA) is 70.5 Å². The summed E-state index contributed by atoms with van der Waals surface area (Å²) in [5, 5.41) is 0. The van der Waals surface area contributed by atoms with Crippen LogP contribution < -0.4 is 0 Å². The zero-order valence-electron chi connectivity index (χ0n) is 8.66. The fraction of sp³-hybridized carbons (Fsp3) is 0.727. The molecule has 1 spiro atoms. The molecule has 0 radical (unpaired) electrons. The predicted molar refractivity (Wildman–Crippen MR) is 53.4 cm³/mol. The molecule has 0 N–H and O–H groups in total. The van der Waals surface area contributed by atoms with Gasteiger partial charge in [0.25, 0.3) is 0 Å². The summed E-state index contributed by atoms with van der Waals surface area (Å²) in [7, 11) is 0. The average Bonchev–Trinajstić information content (AvgIpc) is 2.18. The molecule has 0 aliphatic heterocycles. The van der Waals surface area contributed by atoms with Crippen molar-refractivity contribution in [1.82, 2.24) is 0 Å². The third-order valence-corrected chi connectivity index (χ3v) is 3.61. The van der Waals surface area contributed by atoms with E-state index in [0.717, 1.165) is 25.7 Å². The van der Waals surface area contributed by atoms with Crippen LogP contribution >= 0.6 is 0 Å². The second-order valence-electron chi connectivity index (χ2n) is 4.71. The van der Waals surface area contributed by atoms with Crippen molar-refractivity contribution in [2.75, 3.05) is 0 Å². The largest absolute Gasteiger partial charge is 0.400 e. The van der Waals surface area contributed by atoms with Crippen molar-refractivity contribution in [2.24, 2.45) is 5.41 Å². The van der Waals surface area contributed by atoms with Gasteiger partial charge in [0.15, 0.2) is 0 Å². The minimum Gasteiger partial charge on any atom is -0.360 e. The lowest BCUT2D eigenvalue weighted by molar-refractivity contribution is -0.131. The lowest BCUT2D eigenvalue weighted by atomic mass is 9.64. The normalized spacial score (nSPS) is 25.5. The van der Waals surface area contributed by atoms with Gasteiger partial charge in [0.05, 0.1) is 0 Å². The molecule has 2 aliphatic carbocycles. The van der Waals surface area contributed by atoms with E-state index in [4.69, 9.17) is 5.53 Å². The fourth-order valence-corrected chi connectivity index (χ4v) is 2.83. The smallest absolute Gasteiger partial charge is 0.360 e. The van der Waals surface area contributed by atoms with E-state index in [2.05, 4.69) is 4.79 Å². The lowest BCUT2D eigenvalue weighted by Gasteiger charge is -2.37. The van der Waals surface area contributed by atoms with Crippen LogP contribution in [-0.4, -0.2) is 22.1 Å². The zero-order chi connectivity index (χ0) is 10.9. The van der Waals surface area contributed by atoms with Crippen LogP contribution in [0.1, 0.15) is 44.9 Å². The Hall–Kier alpha value is -1.28. The van der Waals surface area contributed by atoms with Gasteiger partial charge in [-0.3, -0.25) is 9.59 Å². The zero-order valence-corrected chi connectivity index (χ0v) is 8.66. The molecule has 0 aromatic heterocycles. The molecule has 2 rings (SSSR count). The number of Topliss-reactive ketones (excluding diaryl/α,β-unsaturated/α-hetero) is 2. The van der Waals surface area contributed by atoms with Crippen LogP contribution in [0.3, 0.4) is 0 Å². The summed E-state index contributed by atoms with van der Waals surface area (Å²) in [6.07, 6.45) is 6.10. The van der Waals surface area contributed by atoms with Gasteiger partial charge in [-0.2, -0.15) is 4.79 Å². The van der Waals surface area contributed by atoms with Crippen molar-refractivity contribution < 1.29 is 14.4 Å². The van der Waals surface area contributed by atoms with E-state index in [-0.39, 0.29) is 22.7 Å². The first-order valence-corrected chi connectivity index (χ1v) is 5.45. The number of carbonyl (C=O) groups excluding carboxylic acids is 2.